The topological polar surface area (TPSA) is 54.4 Å². The fourth-order valence-electron chi connectivity index (χ4n) is 2.82. The number of hydrogen-bond donors (Lipinski definition) is 1. The Balaban J connectivity index is 2.66. The molecule has 98 valence electrons. The zero-order valence-electron chi connectivity index (χ0n) is 11.1. The molecule has 1 saturated carbocycles. The van der Waals surface area contributed by atoms with Gasteiger partial charge < -0.3 is 9.90 Å². The van der Waals surface area contributed by atoms with Crippen molar-refractivity contribution in [3.8, 4) is 0 Å². The van der Waals surface area contributed by atoms with E-state index in [0.29, 0.717) is 18.8 Å². The smallest absolute Gasteiger partial charge is 0.139 e. The van der Waals surface area contributed by atoms with Gasteiger partial charge in [0.2, 0.25) is 0 Å². The molecular weight excluding hydrogens is 216 g/mol. The van der Waals surface area contributed by atoms with Crippen molar-refractivity contribution in [2.45, 2.75) is 46.5 Å². The first kappa shape index (κ1) is 14.4. The van der Waals surface area contributed by atoms with Gasteiger partial charge in [-0.15, -0.1) is 0 Å². The molecule has 0 heterocycles. The van der Waals surface area contributed by atoms with Crippen molar-refractivity contribution in [1.82, 2.24) is 0 Å². The molecule has 0 aromatic heterocycles. The molecule has 3 nitrogen and oxygen atoms in total. The first-order valence-corrected chi connectivity index (χ1v) is 6.61. The quantitative estimate of drug-likeness (QED) is 0.801. The van der Waals surface area contributed by atoms with Crippen LogP contribution in [-0.4, -0.2) is 23.3 Å². The van der Waals surface area contributed by atoms with Crippen molar-refractivity contribution in [2.24, 2.45) is 23.7 Å². The monoisotopic (exact) mass is 240 g/mol. The molecule has 0 unspecified atom stereocenters. The van der Waals surface area contributed by atoms with Crippen molar-refractivity contribution in [3.63, 3.8) is 0 Å². The Morgan fingerprint density at radius 3 is 2.65 bits per heavy atom. The Morgan fingerprint density at radius 1 is 1.47 bits per heavy atom. The lowest BCUT2D eigenvalue weighted by Gasteiger charge is -2.35. The van der Waals surface area contributed by atoms with E-state index in [2.05, 4.69) is 6.92 Å². The molecule has 1 rings (SSSR count). The highest BCUT2D eigenvalue weighted by atomic mass is 16.3. The van der Waals surface area contributed by atoms with E-state index in [1.54, 1.807) is 6.92 Å². The average Bonchev–Trinajstić information content (AvgIpc) is 2.27. The van der Waals surface area contributed by atoms with Gasteiger partial charge in [0, 0.05) is 24.9 Å². The normalized spacial score (nSPS) is 31.3. The lowest BCUT2D eigenvalue weighted by Crippen LogP contribution is -2.38. The standard InChI is InChI=1S/C14H24O3/c1-9-4-6-13(10(2)8-15)14(17)12(9)7-5-11(3)16/h9-10,12-13,15H,4-8H2,1-3H3/t9-,10+,12+,13+/m1/s1. The number of carbonyl (C=O) groups is 2. The number of hydrogen-bond acceptors (Lipinski definition) is 3. The van der Waals surface area contributed by atoms with Gasteiger partial charge in [-0.05, 0) is 38.0 Å². The van der Waals surface area contributed by atoms with E-state index in [1.165, 1.54) is 0 Å². The van der Waals surface area contributed by atoms with E-state index >= 15 is 0 Å². The van der Waals surface area contributed by atoms with Crippen LogP contribution in [0.15, 0.2) is 0 Å². The zero-order valence-corrected chi connectivity index (χ0v) is 11.1. The Morgan fingerprint density at radius 2 is 2.12 bits per heavy atom. The maximum atomic E-state index is 12.3. The second kappa shape index (κ2) is 6.29. The lowest BCUT2D eigenvalue weighted by molar-refractivity contribution is -0.134. The van der Waals surface area contributed by atoms with Gasteiger partial charge in [0.05, 0.1) is 0 Å². The van der Waals surface area contributed by atoms with Gasteiger partial charge in [0.15, 0.2) is 0 Å². The maximum Gasteiger partial charge on any atom is 0.139 e. The van der Waals surface area contributed by atoms with Crippen LogP contribution in [0.5, 0.6) is 0 Å². The van der Waals surface area contributed by atoms with Crippen LogP contribution in [0, 0.1) is 23.7 Å². The highest BCUT2D eigenvalue weighted by molar-refractivity contribution is 5.85. The fourth-order valence-corrected chi connectivity index (χ4v) is 2.82. The summed E-state index contributed by atoms with van der Waals surface area (Å²) < 4.78 is 0. The highest BCUT2D eigenvalue weighted by Crippen LogP contribution is 2.36. The molecule has 1 aliphatic carbocycles. The molecule has 1 N–H and O–H groups in total. The number of aliphatic hydroxyl groups excluding tert-OH is 1. The van der Waals surface area contributed by atoms with Gasteiger partial charge in [-0.3, -0.25) is 4.79 Å². The molecule has 0 aromatic rings. The van der Waals surface area contributed by atoms with Crippen LogP contribution in [0.2, 0.25) is 0 Å². The predicted octanol–water partition coefficient (Wildman–Crippen LogP) is 2.22. The van der Waals surface area contributed by atoms with Gasteiger partial charge in [-0.2, -0.15) is 0 Å². The van der Waals surface area contributed by atoms with E-state index in [1.807, 2.05) is 6.92 Å². The molecule has 0 saturated heterocycles. The molecule has 0 bridgehead atoms. The fraction of sp³-hybridized carbons (Fsp3) is 0.857. The van der Waals surface area contributed by atoms with E-state index in [-0.39, 0.29) is 35.9 Å². The number of rotatable bonds is 5. The summed E-state index contributed by atoms with van der Waals surface area (Å²) >= 11 is 0. The number of aliphatic hydroxyl groups is 1. The molecule has 0 amide bonds. The zero-order chi connectivity index (χ0) is 13.0. The van der Waals surface area contributed by atoms with Gasteiger partial charge >= 0.3 is 0 Å². The van der Waals surface area contributed by atoms with Crippen LogP contribution in [0.3, 0.4) is 0 Å². The Bertz CT molecular complexity index is 285. The molecule has 0 aliphatic heterocycles. The summed E-state index contributed by atoms with van der Waals surface area (Å²) in [6.07, 6.45) is 3.10. The SMILES string of the molecule is CC(=O)CC[C@@H]1C(=O)[C@H]([C@@H](C)CO)CC[C@H]1C. The number of Topliss-reactive ketones (excluding diaryl/α,β-unsaturated/α-hetero) is 2. The van der Waals surface area contributed by atoms with Crippen molar-refractivity contribution in [1.29, 1.82) is 0 Å². The molecule has 0 radical (unpaired) electrons. The first-order chi connectivity index (χ1) is 7.97. The molecule has 4 atom stereocenters. The molecule has 0 aromatic carbocycles. The predicted molar refractivity (Wildman–Crippen MR) is 66.5 cm³/mol. The minimum Gasteiger partial charge on any atom is -0.396 e. The third kappa shape index (κ3) is 3.63. The van der Waals surface area contributed by atoms with Crippen LogP contribution >= 0.6 is 0 Å². The molecule has 0 spiro atoms. The van der Waals surface area contributed by atoms with E-state index < -0.39 is 0 Å². The average molecular weight is 240 g/mol. The Hall–Kier alpha value is -0.700. The van der Waals surface area contributed by atoms with Gasteiger partial charge in [0.25, 0.3) is 0 Å². The molecule has 1 fully saturated rings. The summed E-state index contributed by atoms with van der Waals surface area (Å²) in [4.78, 5) is 23.3. The lowest BCUT2D eigenvalue weighted by atomic mass is 9.68. The summed E-state index contributed by atoms with van der Waals surface area (Å²) in [6.45, 7) is 5.68. The minimum absolute atomic E-state index is 0.00634. The number of carbonyl (C=O) groups excluding carboxylic acids is 2. The second-order valence-corrected chi connectivity index (χ2v) is 5.57. The van der Waals surface area contributed by atoms with E-state index in [0.717, 1.165) is 12.8 Å². The van der Waals surface area contributed by atoms with E-state index in [4.69, 9.17) is 5.11 Å². The molecule has 1 aliphatic rings. The summed E-state index contributed by atoms with van der Waals surface area (Å²) in [5.74, 6) is 0.868. The summed E-state index contributed by atoms with van der Waals surface area (Å²) in [5.41, 5.74) is 0. The third-order valence-corrected chi connectivity index (χ3v) is 4.13. The van der Waals surface area contributed by atoms with Gasteiger partial charge in [-0.1, -0.05) is 13.8 Å². The molecule has 3 heteroatoms. The molecule has 17 heavy (non-hydrogen) atoms. The van der Waals surface area contributed by atoms with Crippen LogP contribution in [0.25, 0.3) is 0 Å². The van der Waals surface area contributed by atoms with Crippen molar-refractivity contribution in [3.05, 3.63) is 0 Å². The van der Waals surface area contributed by atoms with Crippen molar-refractivity contribution in [2.75, 3.05) is 6.61 Å². The summed E-state index contributed by atoms with van der Waals surface area (Å²) in [7, 11) is 0. The van der Waals surface area contributed by atoms with Crippen molar-refractivity contribution < 1.29 is 14.7 Å². The van der Waals surface area contributed by atoms with E-state index in [9.17, 15) is 9.59 Å². The Labute approximate surface area is 104 Å². The van der Waals surface area contributed by atoms with Gasteiger partial charge in [-0.25, -0.2) is 0 Å². The van der Waals surface area contributed by atoms with Crippen LogP contribution in [0.4, 0.5) is 0 Å². The highest BCUT2D eigenvalue weighted by Gasteiger charge is 2.37. The number of ketones is 2. The summed E-state index contributed by atoms with van der Waals surface area (Å²) in [6, 6.07) is 0. The Kier molecular flexibility index (Phi) is 5.31. The van der Waals surface area contributed by atoms with Crippen LogP contribution in [0.1, 0.15) is 46.5 Å². The summed E-state index contributed by atoms with van der Waals surface area (Å²) in [5, 5.41) is 9.17. The van der Waals surface area contributed by atoms with Crippen LogP contribution in [-0.2, 0) is 9.59 Å². The molecular formula is C14H24O3. The van der Waals surface area contributed by atoms with Crippen molar-refractivity contribution >= 4 is 11.6 Å². The second-order valence-electron chi connectivity index (χ2n) is 5.57. The van der Waals surface area contributed by atoms with Gasteiger partial charge in [0.1, 0.15) is 11.6 Å². The third-order valence-electron chi connectivity index (χ3n) is 4.13. The minimum atomic E-state index is -0.00634. The maximum absolute atomic E-state index is 12.3. The first-order valence-electron chi connectivity index (χ1n) is 6.61. The largest absolute Gasteiger partial charge is 0.396 e. The van der Waals surface area contributed by atoms with Crippen LogP contribution < -0.4 is 0 Å².